The predicted octanol–water partition coefficient (Wildman–Crippen LogP) is 2.94. The van der Waals surface area contributed by atoms with Crippen molar-refractivity contribution in [3.63, 3.8) is 0 Å². The first-order chi connectivity index (χ1) is 17.8. The Balaban J connectivity index is 1.44. The van der Waals surface area contributed by atoms with E-state index in [1.54, 1.807) is 35.3 Å². The third kappa shape index (κ3) is 5.09. The largest absolute Gasteiger partial charge is 0.495 e. The van der Waals surface area contributed by atoms with E-state index in [0.717, 1.165) is 12.8 Å². The maximum atomic E-state index is 13.3. The van der Waals surface area contributed by atoms with E-state index in [4.69, 9.17) is 14.0 Å². The lowest BCUT2D eigenvalue weighted by Gasteiger charge is -2.13. The van der Waals surface area contributed by atoms with Gasteiger partial charge in [0.15, 0.2) is 11.4 Å². The lowest BCUT2D eigenvalue weighted by atomic mass is 10.0. The number of aliphatic hydroxyl groups is 1. The Morgan fingerprint density at radius 3 is 2.73 bits per heavy atom. The molecule has 0 bridgehead atoms. The summed E-state index contributed by atoms with van der Waals surface area (Å²) in [6, 6.07) is 7.92. The van der Waals surface area contributed by atoms with Crippen LogP contribution in [0.5, 0.6) is 11.6 Å². The van der Waals surface area contributed by atoms with Crippen molar-refractivity contribution in [2.45, 2.75) is 42.7 Å². The third-order valence-corrected chi connectivity index (χ3v) is 7.48. The first kappa shape index (κ1) is 24.6. The first-order valence-corrected chi connectivity index (χ1v) is 13.1. The molecule has 3 aromatic heterocycles. The van der Waals surface area contributed by atoms with Crippen molar-refractivity contribution < 1.29 is 27.5 Å². The van der Waals surface area contributed by atoms with Crippen molar-refractivity contribution in [2.24, 2.45) is 0 Å². The van der Waals surface area contributed by atoms with Gasteiger partial charge >= 0.3 is 0 Å². The molecule has 2 N–H and O–H groups in total. The van der Waals surface area contributed by atoms with Gasteiger partial charge in [-0.2, -0.15) is 5.10 Å². The molecule has 0 aliphatic heterocycles. The summed E-state index contributed by atoms with van der Waals surface area (Å²) in [4.78, 5) is 4.34. The fourth-order valence-electron chi connectivity index (χ4n) is 4.26. The van der Waals surface area contributed by atoms with Gasteiger partial charge in [-0.25, -0.2) is 13.4 Å². The second-order valence-corrected chi connectivity index (χ2v) is 10.3. The number of rotatable bonds is 7. The summed E-state index contributed by atoms with van der Waals surface area (Å²) in [6.45, 7) is 0.366. The number of anilines is 1. The van der Waals surface area contributed by atoms with Crippen LogP contribution in [0, 0.1) is 11.8 Å². The molecule has 11 nitrogen and oxygen atoms in total. The molecule has 12 heteroatoms. The summed E-state index contributed by atoms with van der Waals surface area (Å²) >= 11 is 0. The van der Waals surface area contributed by atoms with Crippen molar-refractivity contribution in [3.8, 4) is 23.5 Å². The minimum Gasteiger partial charge on any atom is -0.495 e. The minimum atomic E-state index is -4.15. The van der Waals surface area contributed by atoms with Gasteiger partial charge in [0, 0.05) is 24.0 Å². The Morgan fingerprint density at radius 2 is 2.03 bits per heavy atom. The van der Waals surface area contributed by atoms with Crippen LogP contribution in [0.1, 0.15) is 36.9 Å². The van der Waals surface area contributed by atoms with Crippen LogP contribution < -0.4 is 14.2 Å². The number of nitrogens with zero attached hydrogens (tertiary/aromatic N) is 4. The van der Waals surface area contributed by atoms with E-state index < -0.39 is 15.6 Å². The highest BCUT2D eigenvalue weighted by molar-refractivity contribution is 7.92. The quantitative estimate of drug-likeness (QED) is 0.350. The van der Waals surface area contributed by atoms with E-state index in [2.05, 4.69) is 31.8 Å². The molecule has 37 heavy (non-hydrogen) atoms. The predicted molar refractivity (Wildman–Crippen MR) is 134 cm³/mol. The van der Waals surface area contributed by atoms with E-state index in [1.807, 2.05) is 0 Å². The number of hydrogen-bond acceptors (Lipinski definition) is 9. The number of aromatic nitrogens is 4. The normalized spacial score (nSPS) is 14.8. The lowest BCUT2D eigenvalue weighted by Crippen LogP contribution is -2.20. The zero-order valence-corrected chi connectivity index (χ0v) is 21.1. The summed E-state index contributed by atoms with van der Waals surface area (Å²) in [5.41, 5.74) is 0.422. The summed E-state index contributed by atoms with van der Waals surface area (Å²) < 4.78 is 46.9. The second-order valence-electron chi connectivity index (χ2n) is 8.69. The second kappa shape index (κ2) is 9.76. The topological polar surface area (TPSA) is 142 Å². The van der Waals surface area contributed by atoms with Gasteiger partial charge in [0.25, 0.3) is 10.0 Å². The fraction of sp³-hybridized carbons (Fsp3) is 0.320. The van der Waals surface area contributed by atoms with Gasteiger partial charge < -0.3 is 19.1 Å². The van der Waals surface area contributed by atoms with Gasteiger partial charge in [0.2, 0.25) is 5.88 Å². The molecule has 0 spiro atoms. The van der Waals surface area contributed by atoms with E-state index in [-0.39, 0.29) is 27.7 Å². The van der Waals surface area contributed by atoms with Crippen LogP contribution >= 0.6 is 0 Å². The number of fused-ring (bicyclic) bond motifs is 1. The highest BCUT2D eigenvalue weighted by Gasteiger charge is 2.29. The third-order valence-electron chi connectivity index (χ3n) is 6.11. The van der Waals surface area contributed by atoms with Crippen LogP contribution in [-0.4, -0.2) is 53.3 Å². The van der Waals surface area contributed by atoms with Gasteiger partial charge in [-0.3, -0.25) is 9.40 Å². The maximum Gasteiger partial charge on any atom is 0.266 e. The molecule has 0 atom stereocenters. The minimum absolute atomic E-state index is 0.0700. The Kier molecular flexibility index (Phi) is 6.49. The van der Waals surface area contributed by atoms with Crippen LogP contribution in [0.25, 0.3) is 11.0 Å². The van der Waals surface area contributed by atoms with Crippen LogP contribution in [0.2, 0.25) is 0 Å². The van der Waals surface area contributed by atoms with Crippen molar-refractivity contribution in [1.29, 1.82) is 0 Å². The Hall–Kier alpha value is -4.08. The SMILES string of the molecule is COc1cc(C#CC2(O)CCCC2)ccc1S(=O)(=O)Nc1noc2cc(Cn3cccn3)nc(OC)c12. The van der Waals surface area contributed by atoms with Crippen LogP contribution in [0.4, 0.5) is 5.82 Å². The van der Waals surface area contributed by atoms with E-state index in [1.165, 1.54) is 26.4 Å². The van der Waals surface area contributed by atoms with Gasteiger partial charge in [-0.15, -0.1) is 0 Å². The van der Waals surface area contributed by atoms with Crippen LogP contribution in [0.15, 0.2) is 52.1 Å². The highest BCUT2D eigenvalue weighted by Crippen LogP contribution is 2.34. The van der Waals surface area contributed by atoms with Gasteiger partial charge in [0.05, 0.1) is 26.5 Å². The first-order valence-electron chi connectivity index (χ1n) is 11.6. The smallest absolute Gasteiger partial charge is 0.266 e. The monoisotopic (exact) mass is 523 g/mol. The molecule has 1 saturated carbocycles. The average Bonchev–Trinajstić information content (AvgIpc) is 3.65. The molecule has 1 aliphatic rings. The van der Waals surface area contributed by atoms with Crippen molar-refractivity contribution in [3.05, 3.63) is 54.0 Å². The molecule has 4 aromatic rings. The molecule has 1 aromatic carbocycles. The van der Waals surface area contributed by atoms with Gasteiger partial charge in [0.1, 0.15) is 21.6 Å². The number of nitrogens with one attached hydrogen (secondary N) is 1. The molecule has 5 rings (SSSR count). The number of pyridine rings is 1. The molecule has 192 valence electrons. The maximum absolute atomic E-state index is 13.3. The molecule has 0 radical (unpaired) electrons. The molecular weight excluding hydrogens is 498 g/mol. The van der Waals surface area contributed by atoms with Crippen LogP contribution in [0.3, 0.4) is 0 Å². The Morgan fingerprint density at radius 1 is 1.22 bits per heavy atom. The van der Waals surface area contributed by atoms with E-state index >= 15 is 0 Å². The van der Waals surface area contributed by atoms with Crippen LogP contribution in [-0.2, 0) is 16.6 Å². The summed E-state index contributed by atoms with van der Waals surface area (Å²) in [6.07, 6.45) is 6.56. The molecular formula is C25H25N5O6S. The van der Waals surface area contributed by atoms with Gasteiger partial charge in [-0.1, -0.05) is 17.0 Å². The number of methoxy groups -OCH3 is 2. The molecule has 0 saturated heterocycles. The Bertz CT molecular complexity index is 1600. The molecule has 1 fully saturated rings. The summed E-state index contributed by atoms with van der Waals surface area (Å²) in [7, 11) is -1.35. The fourth-order valence-corrected chi connectivity index (χ4v) is 5.42. The number of hydrogen-bond donors (Lipinski definition) is 2. The summed E-state index contributed by atoms with van der Waals surface area (Å²) in [5.74, 6) is 6.02. The zero-order valence-electron chi connectivity index (χ0n) is 20.3. The van der Waals surface area contributed by atoms with Gasteiger partial charge in [-0.05, 0) is 49.9 Å². The average molecular weight is 524 g/mol. The Labute approximate surface area is 213 Å². The van der Waals surface area contributed by atoms with Crippen molar-refractivity contribution in [2.75, 3.05) is 18.9 Å². The zero-order chi connectivity index (χ0) is 26.0. The summed E-state index contributed by atoms with van der Waals surface area (Å²) in [5, 5.41) is 18.8. The molecule has 1 aliphatic carbocycles. The highest BCUT2D eigenvalue weighted by atomic mass is 32.2. The lowest BCUT2D eigenvalue weighted by molar-refractivity contribution is 0.110. The molecule has 0 amide bonds. The van der Waals surface area contributed by atoms with E-state index in [0.29, 0.717) is 36.2 Å². The number of sulfonamides is 1. The van der Waals surface area contributed by atoms with E-state index in [9.17, 15) is 13.5 Å². The molecule has 3 heterocycles. The molecule has 0 unspecified atom stereocenters. The van der Waals surface area contributed by atoms with Crippen molar-refractivity contribution >= 4 is 26.8 Å². The number of ether oxygens (including phenoxy) is 2. The number of benzene rings is 1. The standard InChI is InChI=1S/C25H25N5O6S/c1-34-19-14-17(8-11-25(31)9-3-4-10-25)6-7-21(19)37(32,33)29-23-22-20(36-28-23)15-18(27-24(22)35-2)16-30-13-5-12-26-30/h5-7,12-15,31H,3-4,9-10,16H2,1-2H3,(H,28,29). The van der Waals surface area contributed by atoms with Crippen molar-refractivity contribution in [1.82, 2.24) is 19.9 Å².